The first-order valence-corrected chi connectivity index (χ1v) is 10.5. The van der Waals surface area contributed by atoms with Gasteiger partial charge in [-0.2, -0.15) is 0 Å². The van der Waals surface area contributed by atoms with Crippen LogP contribution in [0.3, 0.4) is 0 Å². The van der Waals surface area contributed by atoms with Crippen LogP contribution < -0.4 is 5.32 Å². The maximum Gasteiger partial charge on any atom is 0.274 e. The molecule has 1 aliphatic rings. The lowest BCUT2D eigenvalue weighted by molar-refractivity contribution is -0.0441. The van der Waals surface area contributed by atoms with E-state index in [1.807, 2.05) is 0 Å². The lowest BCUT2D eigenvalue weighted by atomic mass is 10.0. The van der Waals surface area contributed by atoms with E-state index in [4.69, 9.17) is 16.3 Å². The van der Waals surface area contributed by atoms with Crippen molar-refractivity contribution in [1.82, 2.24) is 9.97 Å². The molecule has 3 heterocycles. The Bertz CT molecular complexity index is 1250. The number of carbonyl (C=O) groups is 1. The van der Waals surface area contributed by atoms with Gasteiger partial charge in [0, 0.05) is 11.8 Å². The number of rotatable bonds is 5. The third-order valence-corrected chi connectivity index (χ3v) is 5.40. The topological polar surface area (TPSA) is 105 Å². The molecule has 3 atom stereocenters. The van der Waals surface area contributed by atoms with Crippen LogP contribution in [-0.2, 0) is 4.74 Å². The van der Waals surface area contributed by atoms with E-state index in [2.05, 4.69) is 15.3 Å². The van der Waals surface area contributed by atoms with Crippen molar-refractivity contribution in [2.45, 2.75) is 18.3 Å². The van der Waals surface area contributed by atoms with Gasteiger partial charge in [-0.15, -0.1) is 11.6 Å². The number of aromatic nitrogens is 2. The van der Waals surface area contributed by atoms with E-state index < -0.39 is 52.9 Å². The first-order chi connectivity index (χ1) is 16.3. The second-order valence-electron chi connectivity index (χ2n) is 7.32. The summed E-state index contributed by atoms with van der Waals surface area (Å²) in [6.07, 6.45) is 0.574. The molecular formula is C23H17ClF3N3O4. The Labute approximate surface area is 196 Å². The van der Waals surface area contributed by atoms with Gasteiger partial charge in [-0.25, -0.2) is 18.2 Å². The smallest absolute Gasteiger partial charge is 0.274 e. The van der Waals surface area contributed by atoms with E-state index in [1.54, 1.807) is 0 Å². The predicted molar refractivity (Wildman–Crippen MR) is 117 cm³/mol. The molecule has 4 rings (SSSR count). The molecule has 0 unspecified atom stereocenters. The van der Waals surface area contributed by atoms with Crippen molar-refractivity contribution in [3.05, 3.63) is 83.6 Å². The zero-order valence-corrected chi connectivity index (χ0v) is 18.0. The minimum Gasteiger partial charge on any atom is -0.486 e. The number of nitrogens with zero attached hydrogens (tertiary/aromatic N) is 2. The normalized spacial score (nSPS) is 19.8. The molecule has 7 nitrogen and oxygen atoms in total. The molecule has 34 heavy (non-hydrogen) atoms. The number of halogens is 4. The number of hydrogen-bond acceptors (Lipinski definition) is 6. The molecule has 11 heteroatoms. The van der Waals surface area contributed by atoms with Gasteiger partial charge in [0.25, 0.3) is 5.91 Å². The van der Waals surface area contributed by atoms with Gasteiger partial charge in [0.05, 0.1) is 23.3 Å². The standard InChI is InChI=1S/C23H17ClF3N3O4/c24-9-19-22(32)17(31)8-18(34-19)11-6-7-28-10-16(11)30-23(33)15-5-4-14(27)21(29-15)20-12(25)2-1-3-13(20)26/h1-8,10,17,19,22,31-32H,9H2,(H,30,33)/t17-,19-,22+/m1/s1. The van der Waals surface area contributed by atoms with Crippen molar-refractivity contribution >= 4 is 29.0 Å². The maximum absolute atomic E-state index is 14.3. The third kappa shape index (κ3) is 4.60. The predicted octanol–water partition coefficient (Wildman–Crippen LogP) is 3.51. The van der Waals surface area contributed by atoms with E-state index in [0.717, 1.165) is 30.3 Å². The lowest BCUT2D eigenvalue weighted by Gasteiger charge is -2.31. The Morgan fingerprint density at radius 3 is 2.53 bits per heavy atom. The van der Waals surface area contributed by atoms with E-state index >= 15 is 0 Å². The second-order valence-corrected chi connectivity index (χ2v) is 7.63. The molecule has 0 saturated carbocycles. The number of alkyl halides is 1. The number of hydrogen-bond donors (Lipinski definition) is 3. The van der Waals surface area contributed by atoms with Crippen LogP contribution in [0.2, 0.25) is 0 Å². The first kappa shape index (κ1) is 23.7. The van der Waals surface area contributed by atoms with Crippen LogP contribution in [-0.4, -0.2) is 50.3 Å². The molecule has 0 aliphatic carbocycles. The number of carbonyl (C=O) groups excluding carboxylic acids is 1. The molecule has 1 aliphatic heterocycles. The Hall–Kier alpha value is -3.47. The minimum absolute atomic E-state index is 0.1000. The molecule has 3 aromatic rings. The van der Waals surface area contributed by atoms with Crippen molar-refractivity contribution in [3.63, 3.8) is 0 Å². The summed E-state index contributed by atoms with van der Waals surface area (Å²) in [5.41, 5.74) is -1.22. The van der Waals surface area contributed by atoms with Crippen LogP contribution in [0.1, 0.15) is 16.1 Å². The Morgan fingerprint density at radius 2 is 1.82 bits per heavy atom. The minimum atomic E-state index is -1.26. The van der Waals surface area contributed by atoms with Gasteiger partial charge in [-0.3, -0.25) is 9.78 Å². The quantitative estimate of drug-likeness (QED) is 0.472. The third-order valence-electron chi connectivity index (χ3n) is 5.10. The van der Waals surface area contributed by atoms with Crippen molar-refractivity contribution in [2.24, 2.45) is 0 Å². The molecule has 0 saturated heterocycles. The summed E-state index contributed by atoms with van der Waals surface area (Å²) in [6.45, 7) is 0. The van der Waals surface area contributed by atoms with Crippen molar-refractivity contribution in [3.8, 4) is 11.3 Å². The monoisotopic (exact) mass is 491 g/mol. The maximum atomic E-state index is 14.3. The number of aliphatic hydroxyl groups excluding tert-OH is 2. The molecule has 1 aromatic carbocycles. The number of aliphatic hydroxyl groups is 2. The van der Waals surface area contributed by atoms with Crippen molar-refractivity contribution in [2.75, 3.05) is 11.2 Å². The molecular weight excluding hydrogens is 475 g/mol. The summed E-state index contributed by atoms with van der Waals surface area (Å²) >= 11 is 5.80. The zero-order valence-electron chi connectivity index (χ0n) is 17.3. The number of ether oxygens (including phenoxy) is 1. The van der Waals surface area contributed by atoms with Crippen LogP contribution in [0.25, 0.3) is 17.0 Å². The molecule has 0 fully saturated rings. The highest BCUT2D eigenvalue weighted by atomic mass is 35.5. The van der Waals surface area contributed by atoms with Crippen molar-refractivity contribution in [1.29, 1.82) is 0 Å². The fourth-order valence-electron chi connectivity index (χ4n) is 3.38. The Kier molecular flexibility index (Phi) is 6.82. The average Bonchev–Trinajstić information content (AvgIpc) is 2.82. The molecule has 1 amide bonds. The van der Waals surface area contributed by atoms with E-state index in [9.17, 15) is 28.2 Å². The largest absolute Gasteiger partial charge is 0.486 e. The molecule has 2 aromatic heterocycles. The molecule has 3 N–H and O–H groups in total. The molecule has 0 radical (unpaired) electrons. The van der Waals surface area contributed by atoms with Gasteiger partial charge >= 0.3 is 0 Å². The highest BCUT2D eigenvalue weighted by Gasteiger charge is 2.33. The zero-order chi connectivity index (χ0) is 24.4. The fourth-order valence-corrected chi connectivity index (χ4v) is 3.63. The summed E-state index contributed by atoms with van der Waals surface area (Å²) in [4.78, 5) is 20.6. The average molecular weight is 492 g/mol. The lowest BCUT2D eigenvalue weighted by Crippen LogP contribution is -2.42. The van der Waals surface area contributed by atoms with Crippen LogP contribution >= 0.6 is 11.6 Å². The molecule has 0 bridgehead atoms. The number of benzene rings is 1. The van der Waals surface area contributed by atoms with E-state index in [0.29, 0.717) is 5.56 Å². The number of nitrogens with one attached hydrogen (secondary N) is 1. The van der Waals surface area contributed by atoms with Gasteiger partial charge in [-0.05, 0) is 36.4 Å². The SMILES string of the molecule is O=C(Nc1cnccc1C1=C[C@@H](O)[C@H](O)[C@@H](CCl)O1)c1ccc(F)c(-c2c(F)cccc2F)n1. The summed E-state index contributed by atoms with van der Waals surface area (Å²) < 4.78 is 48.3. The van der Waals surface area contributed by atoms with Gasteiger partial charge in [0.2, 0.25) is 0 Å². The summed E-state index contributed by atoms with van der Waals surface area (Å²) in [5, 5.41) is 22.6. The first-order valence-electron chi connectivity index (χ1n) is 9.97. The van der Waals surface area contributed by atoms with Crippen molar-refractivity contribution < 1.29 is 32.9 Å². The van der Waals surface area contributed by atoms with Crippen LogP contribution in [0, 0.1) is 17.5 Å². The fraction of sp³-hybridized carbons (Fsp3) is 0.174. The summed E-state index contributed by atoms with van der Waals surface area (Å²) in [6, 6.07) is 6.46. The number of anilines is 1. The van der Waals surface area contributed by atoms with Crippen LogP contribution in [0.4, 0.5) is 18.9 Å². The van der Waals surface area contributed by atoms with Gasteiger partial charge in [0.1, 0.15) is 52.9 Å². The second kappa shape index (κ2) is 9.80. The number of pyridine rings is 2. The summed E-state index contributed by atoms with van der Waals surface area (Å²) in [5.74, 6) is -3.86. The number of amides is 1. The van der Waals surface area contributed by atoms with E-state index in [-0.39, 0.29) is 23.0 Å². The highest BCUT2D eigenvalue weighted by Crippen LogP contribution is 2.31. The van der Waals surface area contributed by atoms with Crippen LogP contribution in [0.5, 0.6) is 0 Å². The molecule has 176 valence electrons. The van der Waals surface area contributed by atoms with Crippen LogP contribution in [0.15, 0.2) is 54.9 Å². The highest BCUT2D eigenvalue weighted by molar-refractivity contribution is 6.18. The van der Waals surface area contributed by atoms with Gasteiger partial charge in [-0.1, -0.05) is 6.07 Å². The summed E-state index contributed by atoms with van der Waals surface area (Å²) in [7, 11) is 0. The molecule has 0 spiro atoms. The Balaban J connectivity index is 1.66. The van der Waals surface area contributed by atoms with Gasteiger partial charge < -0.3 is 20.3 Å². The Morgan fingerprint density at radius 1 is 1.09 bits per heavy atom. The van der Waals surface area contributed by atoms with Gasteiger partial charge in [0.15, 0.2) is 0 Å². The van der Waals surface area contributed by atoms with E-state index in [1.165, 1.54) is 24.5 Å².